The lowest BCUT2D eigenvalue weighted by atomic mass is 9.73. The van der Waals surface area contributed by atoms with Crippen molar-refractivity contribution in [2.24, 2.45) is 7.05 Å². The third-order valence-electron chi connectivity index (χ3n) is 7.76. The van der Waals surface area contributed by atoms with Crippen molar-refractivity contribution in [2.45, 2.75) is 76.2 Å². The SMILES string of the molecule is COc1ccc(C2(Cc3ccncc3)CCN(C(=O)OC(C)(C)C)C2=O)c2nc(C3CCCC3)n(C)c12. The van der Waals surface area contributed by atoms with Crippen molar-refractivity contribution in [3.63, 3.8) is 0 Å². The van der Waals surface area contributed by atoms with Crippen molar-refractivity contribution >= 4 is 23.0 Å². The highest BCUT2D eigenvalue weighted by Gasteiger charge is 2.52. The second kappa shape index (κ2) is 9.47. The summed E-state index contributed by atoms with van der Waals surface area (Å²) in [5, 5.41) is 0. The van der Waals surface area contributed by atoms with Gasteiger partial charge in [-0.25, -0.2) is 14.7 Å². The third kappa shape index (κ3) is 4.47. The predicted octanol–water partition coefficient (Wildman–Crippen LogP) is 5.28. The number of nitrogens with zero attached hydrogens (tertiary/aromatic N) is 4. The first-order valence-electron chi connectivity index (χ1n) is 13.1. The third-order valence-corrected chi connectivity index (χ3v) is 7.76. The van der Waals surface area contributed by atoms with Crippen molar-refractivity contribution < 1.29 is 19.1 Å². The monoisotopic (exact) mass is 504 g/mol. The molecule has 8 nitrogen and oxygen atoms in total. The summed E-state index contributed by atoms with van der Waals surface area (Å²) < 4.78 is 13.5. The Morgan fingerprint density at radius 2 is 1.84 bits per heavy atom. The topological polar surface area (TPSA) is 86.5 Å². The molecule has 1 unspecified atom stereocenters. The van der Waals surface area contributed by atoms with E-state index in [1.807, 2.05) is 31.3 Å². The van der Waals surface area contributed by atoms with E-state index in [1.165, 1.54) is 17.7 Å². The zero-order chi connectivity index (χ0) is 26.4. The van der Waals surface area contributed by atoms with Gasteiger partial charge in [0.1, 0.15) is 22.7 Å². The first kappa shape index (κ1) is 25.2. The van der Waals surface area contributed by atoms with Crippen LogP contribution in [0.2, 0.25) is 0 Å². The second-order valence-corrected chi connectivity index (χ2v) is 11.3. The van der Waals surface area contributed by atoms with Crippen LogP contribution in [0.15, 0.2) is 36.7 Å². The maximum Gasteiger partial charge on any atom is 0.417 e. The first-order chi connectivity index (χ1) is 17.6. The van der Waals surface area contributed by atoms with E-state index in [9.17, 15) is 9.59 Å². The number of carbonyl (C=O) groups excluding carboxylic acids is 2. The molecule has 196 valence electrons. The number of methoxy groups -OCH3 is 1. The highest BCUT2D eigenvalue weighted by molar-refractivity contribution is 6.03. The van der Waals surface area contributed by atoms with Gasteiger partial charge in [-0.2, -0.15) is 0 Å². The molecule has 1 saturated heterocycles. The van der Waals surface area contributed by atoms with Gasteiger partial charge in [0.05, 0.1) is 18.0 Å². The number of likely N-dealkylation sites (tertiary alicyclic amines) is 1. The van der Waals surface area contributed by atoms with Crippen LogP contribution < -0.4 is 4.74 Å². The average molecular weight is 505 g/mol. The van der Waals surface area contributed by atoms with Gasteiger partial charge in [-0.05, 0) is 75.8 Å². The minimum Gasteiger partial charge on any atom is -0.494 e. The molecule has 5 rings (SSSR count). The summed E-state index contributed by atoms with van der Waals surface area (Å²) in [5.41, 5.74) is 1.81. The lowest BCUT2D eigenvalue weighted by molar-refractivity contribution is -0.131. The zero-order valence-electron chi connectivity index (χ0n) is 22.4. The summed E-state index contributed by atoms with van der Waals surface area (Å²) in [5.74, 6) is 1.90. The lowest BCUT2D eigenvalue weighted by Crippen LogP contribution is -2.44. The minimum absolute atomic E-state index is 0.252. The van der Waals surface area contributed by atoms with E-state index in [4.69, 9.17) is 14.5 Å². The maximum atomic E-state index is 14.2. The normalized spacial score (nSPS) is 20.7. The number of rotatable bonds is 5. The zero-order valence-corrected chi connectivity index (χ0v) is 22.4. The molecule has 0 radical (unpaired) electrons. The standard InChI is InChI=1S/C29H36N4O4/c1-28(2,3)37-27(35)33-17-14-29(26(33)34,18-19-12-15-30-16-13-19)21-10-11-22(36-5)24-23(21)31-25(32(24)4)20-8-6-7-9-20/h10-13,15-16,20H,6-9,14,17-18H2,1-5H3. The molecule has 8 heteroatoms. The maximum absolute atomic E-state index is 14.2. The molecule has 2 fully saturated rings. The van der Waals surface area contributed by atoms with Gasteiger partial charge in [-0.15, -0.1) is 0 Å². The number of pyridine rings is 1. The Labute approximate surface area is 218 Å². The molecule has 0 N–H and O–H groups in total. The molecule has 1 atom stereocenters. The summed E-state index contributed by atoms with van der Waals surface area (Å²) in [4.78, 5) is 37.9. The number of benzene rings is 1. The first-order valence-corrected chi connectivity index (χ1v) is 13.1. The number of amides is 2. The highest BCUT2D eigenvalue weighted by Crippen LogP contribution is 2.45. The van der Waals surface area contributed by atoms with Crippen LogP contribution in [0.25, 0.3) is 11.0 Å². The number of aryl methyl sites for hydroxylation is 1. The molecule has 0 spiro atoms. The molecule has 1 saturated carbocycles. The quantitative estimate of drug-likeness (QED) is 0.470. The van der Waals surface area contributed by atoms with Crippen LogP contribution in [0.1, 0.15) is 75.7 Å². The van der Waals surface area contributed by atoms with E-state index >= 15 is 0 Å². The number of imide groups is 1. The van der Waals surface area contributed by atoms with Crippen LogP contribution in [-0.2, 0) is 28.4 Å². The summed E-state index contributed by atoms with van der Waals surface area (Å²) in [6.07, 6.45) is 8.40. The Morgan fingerprint density at radius 1 is 1.14 bits per heavy atom. The molecule has 2 amide bonds. The van der Waals surface area contributed by atoms with Gasteiger partial charge < -0.3 is 14.0 Å². The van der Waals surface area contributed by atoms with Crippen LogP contribution in [0.4, 0.5) is 4.79 Å². The molecule has 0 bridgehead atoms. The van der Waals surface area contributed by atoms with Gasteiger partial charge >= 0.3 is 6.09 Å². The van der Waals surface area contributed by atoms with E-state index in [0.29, 0.717) is 18.8 Å². The molecule has 37 heavy (non-hydrogen) atoms. The van der Waals surface area contributed by atoms with E-state index < -0.39 is 17.1 Å². The van der Waals surface area contributed by atoms with Crippen molar-refractivity contribution in [2.75, 3.05) is 13.7 Å². The fourth-order valence-corrected chi connectivity index (χ4v) is 6.02. The predicted molar refractivity (Wildman–Crippen MR) is 141 cm³/mol. The van der Waals surface area contributed by atoms with Gasteiger partial charge in [0, 0.05) is 31.9 Å². The van der Waals surface area contributed by atoms with Gasteiger partial charge in [-0.1, -0.05) is 18.9 Å². The summed E-state index contributed by atoms with van der Waals surface area (Å²) in [6, 6.07) is 7.74. The molecule has 1 aliphatic heterocycles. The van der Waals surface area contributed by atoms with Crippen LogP contribution in [-0.4, -0.2) is 50.7 Å². The van der Waals surface area contributed by atoms with Crippen LogP contribution in [0.5, 0.6) is 5.75 Å². The number of fused-ring (bicyclic) bond motifs is 1. The smallest absolute Gasteiger partial charge is 0.417 e. The summed E-state index contributed by atoms with van der Waals surface area (Å²) in [7, 11) is 3.70. The number of imidazole rings is 1. The number of ether oxygens (including phenoxy) is 2. The van der Waals surface area contributed by atoms with Gasteiger partial charge in [-0.3, -0.25) is 9.78 Å². The lowest BCUT2D eigenvalue weighted by Gasteiger charge is -2.29. The van der Waals surface area contributed by atoms with E-state index in [1.54, 1.807) is 40.3 Å². The van der Waals surface area contributed by atoms with E-state index in [-0.39, 0.29) is 12.5 Å². The molecule has 1 aromatic carbocycles. The number of aromatic nitrogens is 3. The Balaban J connectivity index is 1.67. The Bertz CT molecular complexity index is 1320. The Hall–Kier alpha value is -3.42. The van der Waals surface area contributed by atoms with Crippen molar-refractivity contribution in [1.29, 1.82) is 0 Å². The van der Waals surface area contributed by atoms with Gasteiger partial charge in [0.2, 0.25) is 5.91 Å². The van der Waals surface area contributed by atoms with Crippen molar-refractivity contribution in [3.05, 3.63) is 53.6 Å². The molecule has 1 aliphatic carbocycles. The molecule has 2 aliphatic rings. The van der Waals surface area contributed by atoms with Gasteiger partial charge in [0.15, 0.2) is 0 Å². The van der Waals surface area contributed by atoms with Crippen molar-refractivity contribution in [1.82, 2.24) is 19.4 Å². The Kier molecular flexibility index (Phi) is 6.46. The molecule has 3 heterocycles. The molecule has 3 aromatic rings. The fraction of sp³-hybridized carbons (Fsp3) is 0.517. The van der Waals surface area contributed by atoms with Crippen molar-refractivity contribution in [3.8, 4) is 5.75 Å². The average Bonchev–Trinajstić information content (AvgIpc) is 3.58. The summed E-state index contributed by atoms with van der Waals surface area (Å²) in [6.45, 7) is 5.71. The second-order valence-electron chi connectivity index (χ2n) is 11.3. The van der Waals surface area contributed by atoms with Crippen LogP contribution >= 0.6 is 0 Å². The van der Waals surface area contributed by atoms with E-state index in [0.717, 1.165) is 46.6 Å². The number of hydrogen-bond acceptors (Lipinski definition) is 6. The van der Waals surface area contributed by atoms with Crippen LogP contribution in [0.3, 0.4) is 0 Å². The van der Waals surface area contributed by atoms with Crippen LogP contribution in [0, 0.1) is 0 Å². The molecule has 2 aromatic heterocycles. The highest BCUT2D eigenvalue weighted by atomic mass is 16.6. The van der Waals surface area contributed by atoms with Gasteiger partial charge in [0.25, 0.3) is 0 Å². The fourth-order valence-electron chi connectivity index (χ4n) is 6.02. The Morgan fingerprint density at radius 3 is 2.49 bits per heavy atom. The number of hydrogen-bond donors (Lipinski definition) is 0. The molecular weight excluding hydrogens is 468 g/mol. The molecular formula is C29H36N4O4. The minimum atomic E-state index is -0.968. The number of carbonyl (C=O) groups is 2. The largest absolute Gasteiger partial charge is 0.494 e. The summed E-state index contributed by atoms with van der Waals surface area (Å²) >= 11 is 0. The van der Waals surface area contributed by atoms with E-state index in [2.05, 4.69) is 9.55 Å².